The van der Waals surface area contributed by atoms with Crippen LogP contribution in [-0.4, -0.2) is 25.8 Å². The van der Waals surface area contributed by atoms with Gasteiger partial charge in [-0.1, -0.05) is 17.3 Å². The molecule has 5 nitrogen and oxygen atoms in total. The number of halogens is 1. The third-order valence-corrected chi connectivity index (χ3v) is 3.55. The number of para-hydroxylation sites is 1. The fourth-order valence-electron chi connectivity index (χ4n) is 2.17. The van der Waals surface area contributed by atoms with E-state index in [1.807, 2.05) is 31.2 Å². The van der Waals surface area contributed by atoms with Crippen LogP contribution >= 0.6 is 15.9 Å². The van der Waals surface area contributed by atoms with Crippen molar-refractivity contribution in [3.63, 3.8) is 0 Å². The summed E-state index contributed by atoms with van der Waals surface area (Å²) < 4.78 is 2.57. The van der Waals surface area contributed by atoms with Gasteiger partial charge in [-0.3, -0.25) is 9.78 Å². The van der Waals surface area contributed by atoms with Crippen LogP contribution in [0.2, 0.25) is 0 Å². The molecule has 20 heavy (non-hydrogen) atoms. The van der Waals surface area contributed by atoms with Gasteiger partial charge in [-0.15, -0.1) is 5.10 Å². The number of carbonyl (C=O) groups is 1. The van der Waals surface area contributed by atoms with E-state index in [4.69, 9.17) is 0 Å². The highest BCUT2D eigenvalue weighted by molar-refractivity contribution is 9.10. The number of benzene rings is 1. The van der Waals surface area contributed by atoms with Crippen LogP contribution in [-0.2, 0) is 0 Å². The first-order valence-electron chi connectivity index (χ1n) is 6.06. The van der Waals surface area contributed by atoms with E-state index < -0.39 is 0 Å². The summed E-state index contributed by atoms with van der Waals surface area (Å²) in [6.07, 6.45) is 1.74. The zero-order valence-electron chi connectivity index (χ0n) is 11.0. The summed E-state index contributed by atoms with van der Waals surface area (Å²) in [5.74, 6) is -0.0929. The number of carbonyl (C=O) groups excluding carboxylic acids is 1. The van der Waals surface area contributed by atoms with Crippen LogP contribution in [0.25, 0.3) is 16.6 Å². The van der Waals surface area contributed by atoms with Gasteiger partial charge >= 0.3 is 0 Å². The number of Topliss-reactive ketones (excluding diaryl/α,β-unsaturated/α-hetero) is 1. The Hall–Kier alpha value is -2.08. The molecule has 0 fully saturated rings. The van der Waals surface area contributed by atoms with Crippen LogP contribution in [0, 0.1) is 6.92 Å². The van der Waals surface area contributed by atoms with Crippen molar-refractivity contribution in [1.82, 2.24) is 20.0 Å². The fraction of sp³-hybridized carbons (Fsp3) is 0.143. The molecule has 0 radical (unpaired) electrons. The van der Waals surface area contributed by atoms with Gasteiger partial charge in [0.15, 0.2) is 11.5 Å². The summed E-state index contributed by atoms with van der Waals surface area (Å²) in [5.41, 5.74) is 2.74. The summed E-state index contributed by atoms with van der Waals surface area (Å²) in [7, 11) is 0. The zero-order valence-corrected chi connectivity index (χ0v) is 12.5. The number of ketones is 1. The quantitative estimate of drug-likeness (QED) is 0.677. The molecule has 0 spiro atoms. The molecule has 0 atom stereocenters. The normalized spacial score (nSPS) is 10.9. The second kappa shape index (κ2) is 4.79. The van der Waals surface area contributed by atoms with Gasteiger partial charge in [-0.2, -0.15) is 0 Å². The average molecular weight is 331 g/mol. The molecule has 2 heterocycles. The number of hydrogen-bond donors (Lipinski definition) is 0. The van der Waals surface area contributed by atoms with Crippen molar-refractivity contribution >= 4 is 32.6 Å². The van der Waals surface area contributed by atoms with Crippen molar-refractivity contribution in [3.05, 3.63) is 46.3 Å². The van der Waals surface area contributed by atoms with E-state index in [1.54, 1.807) is 10.9 Å². The third-order valence-electron chi connectivity index (χ3n) is 3.11. The van der Waals surface area contributed by atoms with Crippen molar-refractivity contribution in [2.75, 3.05) is 0 Å². The van der Waals surface area contributed by atoms with Crippen LogP contribution in [0.4, 0.5) is 0 Å². The lowest BCUT2D eigenvalue weighted by atomic mass is 10.2. The summed E-state index contributed by atoms with van der Waals surface area (Å²) >= 11 is 3.41. The van der Waals surface area contributed by atoms with Gasteiger partial charge in [0.1, 0.15) is 0 Å². The predicted molar refractivity (Wildman–Crippen MR) is 79.1 cm³/mol. The number of nitrogens with zero attached hydrogens (tertiary/aromatic N) is 4. The van der Waals surface area contributed by atoms with E-state index in [-0.39, 0.29) is 5.78 Å². The van der Waals surface area contributed by atoms with Gasteiger partial charge in [0, 0.05) is 23.0 Å². The Balaban J connectivity index is 2.27. The minimum Gasteiger partial charge on any atom is -0.293 e. The van der Waals surface area contributed by atoms with Crippen molar-refractivity contribution in [2.45, 2.75) is 13.8 Å². The van der Waals surface area contributed by atoms with E-state index in [9.17, 15) is 4.79 Å². The number of pyridine rings is 1. The maximum Gasteiger partial charge on any atom is 0.181 e. The van der Waals surface area contributed by atoms with Crippen molar-refractivity contribution in [3.8, 4) is 5.69 Å². The Morgan fingerprint density at radius 2 is 2.15 bits per heavy atom. The standard InChI is InChI=1S/C14H11BrN4O/c1-8-13(9(2)20)17-18-19(8)12-5-3-4-10-6-11(15)7-16-14(10)12/h3-7H,1-2H3. The van der Waals surface area contributed by atoms with Crippen molar-refractivity contribution in [1.29, 1.82) is 0 Å². The molecule has 0 N–H and O–H groups in total. The molecule has 0 aliphatic carbocycles. The Bertz CT molecular complexity index is 825. The monoisotopic (exact) mass is 330 g/mol. The zero-order chi connectivity index (χ0) is 14.3. The predicted octanol–water partition coefficient (Wildman–Crippen LogP) is 3.09. The minimum atomic E-state index is -0.0929. The van der Waals surface area contributed by atoms with E-state index in [2.05, 4.69) is 31.2 Å². The Morgan fingerprint density at radius 1 is 1.35 bits per heavy atom. The Kier molecular flexibility index (Phi) is 3.10. The number of hydrogen-bond acceptors (Lipinski definition) is 4. The molecular formula is C14H11BrN4O. The van der Waals surface area contributed by atoms with Gasteiger partial charge in [-0.05, 0) is 35.0 Å². The molecule has 3 aromatic rings. The van der Waals surface area contributed by atoms with Crippen LogP contribution in [0.5, 0.6) is 0 Å². The van der Waals surface area contributed by atoms with E-state index >= 15 is 0 Å². The van der Waals surface area contributed by atoms with Crippen LogP contribution < -0.4 is 0 Å². The minimum absolute atomic E-state index is 0.0929. The molecule has 0 saturated heterocycles. The molecule has 0 bridgehead atoms. The molecule has 3 rings (SSSR count). The van der Waals surface area contributed by atoms with Gasteiger partial charge in [0.05, 0.1) is 16.9 Å². The summed E-state index contributed by atoms with van der Waals surface area (Å²) in [5, 5.41) is 9.01. The first-order valence-corrected chi connectivity index (χ1v) is 6.85. The molecule has 0 amide bonds. The number of aromatic nitrogens is 4. The highest BCUT2D eigenvalue weighted by Gasteiger charge is 2.15. The van der Waals surface area contributed by atoms with E-state index in [1.165, 1.54) is 6.92 Å². The summed E-state index contributed by atoms with van der Waals surface area (Å²) in [4.78, 5) is 15.9. The second-order valence-electron chi connectivity index (χ2n) is 4.49. The van der Waals surface area contributed by atoms with Gasteiger partial charge in [-0.25, -0.2) is 4.68 Å². The lowest BCUT2D eigenvalue weighted by Crippen LogP contribution is -2.02. The SMILES string of the molecule is CC(=O)c1nnn(-c2cccc3cc(Br)cnc23)c1C. The molecular weight excluding hydrogens is 320 g/mol. The van der Waals surface area contributed by atoms with Gasteiger partial charge < -0.3 is 0 Å². The lowest BCUT2D eigenvalue weighted by molar-refractivity contribution is 0.101. The Morgan fingerprint density at radius 3 is 2.85 bits per heavy atom. The molecule has 2 aromatic heterocycles. The average Bonchev–Trinajstić information content (AvgIpc) is 2.79. The fourth-order valence-corrected chi connectivity index (χ4v) is 2.52. The van der Waals surface area contributed by atoms with Crippen molar-refractivity contribution < 1.29 is 4.79 Å². The molecule has 0 unspecified atom stereocenters. The Labute approximate surface area is 123 Å². The molecule has 100 valence electrons. The third kappa shape index (κ3) is 2.02. The highest BCUT2D eigenvalue weighted by atomic mass is 79.9. The van der Waals surface area contributed by atoms with Crippen LogP contribution in [0.3, 0.4) is 0 Å². The molecule has 0 aliphatic heterocycles. The molecule has 1 aromatic carbocycles. The maximum atomic E-state index is 11.5. The maximum absolute atomic E-state index is 11.5. The lowest BCUT2D eigenvalue weighted by Gasteiger charge is -2.07. The van der Waals surface area contributed by atoms with Crippen LogP contribution in [0.15, 0.2) is 34.9 Å². The van der Waals surface area contributed by atoms with E-state index in [0.29, 0.717) is 5.69 Å². The highest BCUT2D eigenvalue weighted by Crippen LogP contribution is 2.24. The molecule has 0 aliphatic rings. The molecule has 0 saturated carbocycles. The second-order valence-corrected chi connectivity index (χ2v) is 5.41. The van der Waals surface area contributed by atoms with Crippen LogP contribution in [0.1, 0.15) is 23.1 Å². The topological polar surface area (TPSA) is 60.7 Å². The number of fused-ring (bicyclic) bond motifs is 1. The number of rotatable bonds is 2. The van der Waals surface area contributed by atoms with Gasteiger partial charge in [0.25, 0.3) is 0 Å². The largest absolute Gasteiger partial charge is 0.293 e. The first kappa shape index (κ1) is 12.9. The van der Waals surface area contributed by atoms with E-state index in [0.717, 1.165) is 26.8 Å². The summed E-state index contributed by atoms with van der Waals surface area (Å²) in [6.45, 7) is 3.31. The van der Waals surface area contributed by atoms with Gasteiger partial charge in [0.2, 0.25) is 0 Å². The summed E-state index contributed by atoms with van der Waals surface area (Å²) in [6, 6.07) is 7.81. The van der Waals surface area contributed by atoms with Crippen molar-refractivity contribution in [2.24, 2.45) is 0 Å². The molecule has 6 heteroatoms. The smallest absolute Gasteiger partial charge is 0.181 e. The first-order chi connectivity index (χ1) is 9.58.